The first kappa shape index (κ1) is 28.6. The molecule has 1 aliphatic rings. The Morgan fingerprint density at radius 3 is 2.46 bits per heavy atom. The van der Waals surface area contributed by atoms with Crippen LogP contribution < -0.4 is 5.69 Å². The second-order valence-corrected chi connectivity index (χ2v) is 10.5. The van der Waals surface area contributed by atoms with Crippen LogP contribution in [0.5, 0.6) is 0 Å². The van der Waals surface area contributed by atoms with Gasteiger partial charge in [0.1, 0.15) is 12.9 Å². The van der Waals surface area contributed by atoms with Crippen molar-refractivity contribution in [3.63, 3.8) is 0 Å². The van der Waals surface area contributed by atoms with Gasteiger partial charge in [-0.05, 0) is 55.2 Å². The van der Waals surface area contributed by atoms with E-state index >= 15 is 0 Å². The number of aliphatic hydroxyl groups excluding tert-OH is 1. The van der Waals surface area contributed by atoms with Gasteiger partial charge in [-0.1, -0.05) is 30.7 Å². The van der Waals surface area contributed by atoms with Gasteiger partial charge in [-0.3, -0.25) is 9.36 Å². The summed E-state index contributed by atoms with van der Waals surface area (Å²) in [5.41, 5.74) is 0.399. The molecule has 14 heteroatoms. The van der Waals surface area contributed by atoms with Gasteiger partial charge in [-0.25, -0.2) is 19.1 Å². The van der Waals surface area contributed by atoms with Crippen LogP contribution in [0.1, 0.15) is 35.9 Å². The van der Waals surface area contributed by atoms with E-state index < -0.39 is 24.5 Å². The quantitative estimate of drug-likeness (QED) is 0.351. The minimum Gasteiger partial charge on any atom is -0.382 e. The van der Waals surface area contributed by atoms with Gasteiger partial charge < -0.3 is 10.0 Å². The minimum absolute atomic E-state index is 0.0822. The predicted octanol–water partition coefficient (Wildman–Crippen LogP) is 3.79. The first-order valence-corrected chi connectivity index (χ1v) is 13.4. The summed E-state index contributed by atoms with van der Waals surface area (Å²) in [6, 6.07) is 13.0. The molecule has 2 aromatic carbocycles. The number of aromatic nitrogens is 6. The summed E-state index contributed by atoms with van der Waals surface area (Å²) in [4.78, 5) is 32.5. The molecular formula is C27H27ClF3N7O3. The summed E-state index contributed by atoms with van der Waals surface area (Å²) in [6.07, 6.45) is -4.45. The molecule has 0 bridgehead atoms. The van der Waals surface area contributed by atoms with Gasteiger partial charge in [0.15, 0.2) is 17.8 Å². The molecule has 4 aromatic rings. The normalized spacial score (nSPS) is 15.3. The second-order valence-electron chi connectivity index (χ2n) is 10.0. The molecule has 2 aromatic heterocycles. The minimum atomic E-state index is -4.93. The van der Waals surface area contributed by atoms with E-state index in [4.69, 9.17) is 11.6 Å². The van der Waals surface area contributed by atoms with Crippen molar-refractivity contribution in [1.82, 2.24) is 34.0 Å². The van der Waals surface area contributed by atoms with Gasteiger partial charge in [0.2, 0.25) is 0 Å². The summed E-state index contributed by atoms with van der Waals surface area (Å²) in [5.74, 6) is 0.511. The second kappa shape index (κ2) is 11.5. The Kier molecular flexibility index (Phi) is 8.00. The van der Waals surface area contributed by atoms with Gasteiger partial charge in [-0.2, -0.15) is 13.2 Å². The molecule has 10 nitrogen and oxygen atoms in total. The number of halogens is 4. The molecule has 5 rings (SSSR count). The number of para-hydroxylation sites is 1. The fourth-order valence-electron chi connectivity index (χ4n) is 4.65. The third-order valence-electron chi connectivity index (χ3n) is 7.04. The highest BCUT2D eigenvalue weighted by atomic mass is 35.5. The lowest BCUT2D eigenvalue weighted by Gasteiger charge is -2.30. The number of alkyl halides is 3. The Labute approximate surface area is 237 Å². The third kappa shape index (κ3) is 6.20. The first-order valence-electron chi connectivity index (χ1n) is 13.0. The topological polar surface area (TPSA) is 111 Å². The lowest BCUT2D eigenvalue weighted by molar-refractivity contribution is -0.207. The number of piperidine rings is 1. The van der Waals surface area contributed by atoms with Gasteiger partial charge in [0.25, 0.3) is 5.91 Å². The molecule has 1 aliphatic heterocycles. The van der Waals surface area contributed by atoms with Crippen LogP contribution in [0, 0.1) is 5.92 Å². The highest BCUT2D eigenvalue weighted by Gasteiger charge is 2.39. The van der Waals surface area contributed by atoms with Crippen LogP contribution in [0.2, 0.25) is 5.02 Å². The van der Waals surface area contributed by atoms with E-state index in [1.807, 2.05) is 4.90 Å². The SMILES string of the molecule is CC1CCN(C(=O)c2ccccc2-n2cnc(Cn3nc(-c4ccc(Cl)cc4)n(C[C@H](O)C(F)(F)F)c3=O)n2)CC1. The molecule has 41 heavy (non-hydrogen) atoms. The zero-order chi connectivity index (χ0) is 29.3. The molecule has 0 saturated carbocycles. The van der Waals surface area contributed by atoms with E-state index in [1.165, 1.54) is 35.3 Å². The average molecular weight is 590 g/mol. The maximum Gasteiger partial charge on any atom is 0.416 e. The number of hydrogen-bond donors (Lipinski definition) is 1. The number of carbonyl (C=O) groups excluding carboxylic acids is 1. The van der Waals surface area contributed by atoms with E-state index in [2.05, 4.69) is 22.1 Å². The number of amides is 1. The molecule has 1 fully saturated rings. The van der Waals surface area contributed by atoms with E-state index in [0.717, 1.165) is 22.1 Å². The maximum atomic E-state index is 13.3. The fraction of sp³-hybridized carbons (Fsp3) is 0.370. The number of aliphatic hydroxyl groups is 1. The molecule has 1 N–H and O–H groups in total. The zero-order valence-corrected chi connectivity index (χ0v) is 22.8. The average Bonchev–Trinajstić information content (AvgIpc) is 3.53. The van der Waals surface area contributed by atoms with Gasteiger partial charge in [0.05, 0.1) is 17.8 Å². The van der Waals surface area contributed by atoms with Crippen molar-refractivity contribution in [2.24, 2.45) is 5.92 Å². The molecule has 216 valence electrons. The number of hydrogen-bond acceptors (Lipinski definition) is 6. The molecule has 1 amide bonds. The molecule has 3 heterocycles. The predicted molar refractivity (Wildman–Crippen MR) is 144 cm³/mol. The van der Waals surface area contributed by atoms with E-state index in [9.17, 15) is 27.9 Å². The van der Waals surface area contributed by atoms with Crippen molar-refractivity contribution in [3.8, 4) is 17.1 Å². The van der Waals surface area contributed by atoms with Crippen molar-refractivity contribution < 1.29 is 23.1 Å². The fourth-order valence-corrected chi connectivity index (χ4v) is 4.78. The number of rotatable bonds is 7. The Morgan fingerprint density at radius 1 is 1.10 bits per heavy atom. The van der Waals surface area contributed by atoms with Crippen molar-refractivity contribution in [2.45, 2.75) is 45.1 Å². The largest absolute Gasteiger partial charge is 0.416 e. The van der Waals surface area contributed by atoms with E-state index in [1.54, 1.807) is 24.3 Å². The number of carbonyl (C=O) groups is 1. The molecule has 0 spiro atoms. The van der Waals surface area contributed by atoms with Crippen molar-refractivity contribution in [2.75, 3.05) is 13.1 Å². The van der Waals surface area contributed by atoms with Crippen LogP contribution in [-0.4, -0.2) is 70.4 Å². The lowest BCUT2D eigenvalue weighted by Crippen LogP contribution is -2.38. The van der Waals surface area contributed by atoms with Crippen molar-refractivity contribution >= 4 is 17.5 Å². The molecule has 1 atom stereocenters. The van der Waals surface area contributed by atoms with Gasteiger partial charge in [0, 0.05) is 23.7 Å². The van der Waals surface area contributed by atoms with Crippen molar-refractivity contribution in [1.29, 1.82) is 0 Å². The molecule has 0 radical (unpaired) electrons. The molecule has 0 unspecified atom stereocenters. The number of nitrogens with zero attached hydrogens (tertiary/aromatic N) is 7. The monoisotopic (exact) mass is 589 g/mol. The van der Waals surface area contributed by atoms with Crippen LogP contribution in [-0.2, 0) is 13.1 Å². The van der Waals surface area contributed by atoms with Crippen LogP contribution in [0.15, 0.2) is 59.7 Å². The summed E-state index contributed by atoms with van der Waals surface area (Å²) in [6.45, 7) is 2.19. The number of benzene rings is 2. The van der Waals surface area contributed by atoms with Crippen LogP contribution in [0.4, 0.5) is 13.2 Å². The van der Waals surface area contributed by atoms with Gasteiger partial charge >= 0.3 is 11.9 Å². The Hall–Kier alpha value is -3.97. The standard InChI is InChI=1S/C27H27ClF3N7O3/c1-17-10-12-35(13-11-17)25(40)20-4-2-3-5-21(20)38-16-32-23(33-38)15-37-26(41)36(14-22(39)27(29,30)31)24(34-37)18-6-8-19(28)9-7-18/h2-9,16-17,22,39H,10-15H2,1H3/t22-/m0/s1. The highest BCUT2D eigenvalue weighted by Crippen LogP contribution is 2.25. The molecule has 1 saturated heterocycles. The first-order chi connectivity index (χ1) is 19.5. The summed E-state index contributed by atoms with van der Waals surface area (Å²) >= 11 is 5.93. The lowest BCUT2D eigenvalue weighted by atomic mass is 9.98. The Morgan fingerprint density at radius 2 is 1.78 bits per heavy atom. The van der Waals surface area contributed by atoms with E-state index in [-0.39, 0.29) is 24.1 Å². The van der Waals surface area contributed by atoms with Crippen molar-refractivity contribution in [3.05, 3.63) is 81.8 Å². The molecular weight excluding hydrogens is 563 g/mol. The summed E-state index contributed by atoms with van der Waals surface area (Å²) < 4.78 is 42.5. The Bertz CT molecular complexity index is 1590. The third-order valence-corrected chi connectivity index (χ3v) is 7.29. The van der Waals surface area contributed by atoms with Crippen LogP contribution >= 0.6 is 11.6 Å². The van der Waals surface area contributed by atoms with E-state index in [0.29, 0.717) is 40.8 Å². The number of likely N-dealkylation sites (tertiary alicyclic amines) is 1. The molecule has 0 aliphatic carbocycles. The maximum absolute atomic E-state index is 13.3. The zero-order valence-electron chi connectivity index (χ0n) is 22.0. The summed E-state index contributed by atoms with van der Waals surface area (Å²) in [7, 11) is 0. The smallest absolute Gasteiger partial charge is 0.382 e. The van der Waals surface area contributed by atoms with Crippen LogP contribution in [0.3, 0.4) is 0 Å². The van der Waals surface area contributed by atoms with Gasteiger partial charge in [-0.15, -0.1) is 10.2 Å². The summed E-state index contributed by atoms with van der Waals surface area (Å²) in [5, 5.41) is 18.7. The van der Waals surface area contributed by atoms with Crippen LogP contribution in [0.25, 0.3) is 17.1 Å². The highest BCUT2D eigenvalue weighted by molar-refractivity contribution is 6.30. The Balaban J connectivity index is 1.44.